The molecule has 1 aromatic heterocycles. The van der Waals surface area contributed by atoms with Crippen LogP contribution in [0.4, 0.5) is 5.69 Å². The van der Waals surface area contributed by atoms with Gasteiger partial charge in [0, 0.05) is 31.1 Å². The summed E-state index contributed by atoms with van der Waals surface area (Å²) in [5, 5.41) is 6.40. The second-order valence-corrected chi connectivity index (χ2v) is 13.3. The zero-order valence-electron chi connectivity index (χ0n) is 26.6. The molecule has 3 heterocycles. The van der Waals surface area contributed by atoms with E-state index in [0.717, 1.165) is 51.9 Å². The van der Waals surface area contributed by atoms with Crippen LogP contribution in [0.2, 0.25) is 0 Å². The van der Waals surface area contributed by atoms with Crippen LogP contribution in [0.25, 0.3) is 10.6 Å². The Hall–Kier alpha value is -3.91. The standard InChI is InChI=1S/C31H39B3N8O4S/c1-46-26-20(29-37-17-23(47-29)30(45)42-14-10-19(11-15-42)41-12-3-2-4-13-41)6-5-7-21(26)38-22(25(36)28(44)40-31(32,33)34)16-24(35)39-27(43)18-8-9-18/h5-7,16-19,38H,2-4,8-15,35-36H2,1H3,(H,39,43)(H,40,44)/b24-16+,25-22+. The summed E-state index contributed by atoms with van der Waals surface area (Å²) in [6.07, 6.45) is 10.2. The minimum Gasteiger partial charge on any atom is -0.494 e. The zero-order valence-corrected chi connectivity index (χ0v) is 27.4. The highest BCUT2D eigenvalue weighted by molar-refractivity contribution is 7.17. The third kappa shape index (κ3) is 8.92. The Labute approximate surface area is 283 Å². The largest absolute Gasteiger partial charge is 0.494 e. The summed E-state index contributed by atoms with van der Waals surface area (Å²) in [7, 11) is 18.1. The summed E-state index contributed by atoms with van der Waals surface area (Å²) in [6.45, 7) is 3.75. The van der Waals surface area contributed by atoms with E-state index in [0.29, 0.717) is 32.9 Å². The molecular weight excluding hydrogens is 613 g/mol. The molecule has 2 saturated heterocycles. The van der Waals surface area contributed by atoms with Crippen LogP contribution < -0.4 is 32.2 Å². The number of aromatic nitrogens is 1. The van der Waals surface area contributed by atoms with E-state index in [1.165, 1.54) is 43.8 Å². The van der Waals surface area contributed by atoms with Crippen molar-refractivity contribution in [1.82, 2.24) is 25.4 Å². The first kappa shape index (κ1) is 34.4. The average molecular weight is 652 g/mol. The van der Waals surface area contributed by atoms with Gasteiger partial charge in [-0.15, -0.1) is 11.3 Å². The number of nitrogens with zero attached hydrogens (tertiary/aromatic N) is 3. The van der Waals surface area contributed by atoms with Gasteiger partial charge in [-0.25, -0.2) is 4.98 Å². The maximum atomic E-state index is 13.5. The number of para-hydroxylation sites is 1. The number of nitrogens with one attached hydrogen (secondary N) is 3. The SMILES string of the molecule is [B]C([B])([B])NC(=O)/C(N)=C(/C=C(\N)NC(=O)C1CC1)Nc1cccc(-c2ncc(C(=O)N3CCC(N4CCCCC4)CC3)s2)c1OC. The van der Waals surface area contributed by atoms with E-state index < -0.39 is 11.1 Å². The molecular formula is C31H39B3N8O4S. The molecule has 0 bridgehead atoms. The zero-order chi connectivity index (χ0) is 33.7. The number of amides is 3. The fraction of sp³-hybridized carbons (Fsp3) is 0.484. The number of likely N-dealkylation sites (tertiary alicyclic amines) is 2. The summed E-state index contributed by atoms with van der Waals surface area (Å²) in [5.74, 6) is -0.922. The maximum Gasteiger partial charge on any atom is 0.267 e. The number of nitrogens with two attached hydrogens (primary N) is 2. The molecule has 0 atom stereocenters. The Kier molecular flexibility index (Phi) is 10.9. The predicted octanol–water partition coefficient (Wildman–Crippen LogP) is 1.05. The van der Waals surface area contributed by atoms with Gasteiger partial charge < -0.3 is 42.0 Å². The molecule has 0 spiro atoms. The minimum atomic E-state index is -2.04. The maximum absolute atomic E-state index is 13.5. The van der Waals surface area contributed by atoms with Gasteiger partial charge in [-0.05, 0) is 63.7 Å². The molecule has 3 aliphatic rings. The number of allylic oxidation sites excluding steroid dienone is 1. The molecule has 3 fully saturated rings. The number of benzene rings is 1. The third-order valence-electron chi connectivity index (χ3n) is 8.47. The van der Waals surface area contributed by atoms with Crippen LogP contribution in [0.1, 0.15) is 54.6 Å². The first-order chi connectivity index (χ1) is 22.4. The quantitative estimate of drug-likeness (QED) is 0.136. The monoisotopic (exact) mass is 652 g/mol. The normalized spacial score (nSPS) is 18.7. The number of carbonyl (C=O) groups is 3. The number of piperidine rings is 2. The number of carbonyl (C=O) groups excluding carboxylic acids is 3. The number of ether oxygens (including phenoxy) is 1. The van der Waals surface area contributed by atoms with Gasteiger partial charge in [0.15, 0.2) is 5.75 Å². The molecule has 1 aromatic carbocycles. The topological polar surface area (TPSA) is 168 Å². The van der Waals surface area contributed by atoms with Crippen LogP contribution in [0.3, 0.4) is 0 Å². The van der Waals surface area contributed by atoms with E-state index in [2.05, 4.69) is 25.8 Å². The summed E-state index contributed by atoms with van der Waals surface area (Å²) in [5.41, 5.74) is 13.0. The van der Waals surface area contributed by atoms with Crippen LogP contribution >= 0.6 is 11.3 Å². The van der Waals surface area contributed by atoms with E-state index in [4.69, 9.17) is 39.7 Å². The van der Waals surface area contributed by atoms with Crippen molar-refractivity contribution in [1.29, 1.82) is 0 Å². The Morgan fingerprint density at radius 1 is 1.04 bits per heavy atom. The Bertz CT molecular complexity index is 1540. The fourth-order valence-corrected chi connectivity index (χ4v) is 6.79. The number of hydrogen-bond donors (Lipinski definition) is 5. The molecule has 1 aliphatic carbocycles. The highest BCUT2D eigenvalue weighted by Crippen LogP contribution is 2.39. The molecule has 242 valence electrons. The smallest absolute Gasteiger partial charge is 0.267 e. The van der Waals surface area contributed by atoms with Crippen molar-refractivity contribution >= 4 is 58.3 Å². The molecule has 2 aliphatic heterocycles. The first-order valence-corrected chi connectivity index (χ1v) is 16.7. The summed E-state index contributed by atoms with van der Waals surface area (Å²) >= 11 is 1.27. The van der Waals surface area contributed by atoms with Gasteiger partial charge in [-0.1, -0.05) is 17.7 Å². The molecule has 3 amide bonds. The number of anilines is 1. The molecule has 5 rings (SSSR count). The van der Waals surface area contributed by atoms with Gasteiger partial charge in [-0.2, -0.15) is 0 Å². The lowest BCUT2D eigenvalue weighted by atomic mass is 9.49. The lowest BCUT2D eigenvalue weighted by molar-refractivity contribution is -0.121. The van der Waals surface area contributed by atoms with Gasteiger partial charge in [0.25, 0.3) is 11.8 Å². The number of thiazole rings is 1. The van der Waals surface area contributed by atoms with Gasteiger partial charge in [0.1, 0.15) is 21.4 Å². The Morgan fingerprint density at radius 3 is 2.38 bits per heavy atom. The summed E-state index contributed by atoms with van der Waals surface area (Å²) in [4.78, 5) is 48.2. The van der Waals surface area contributed by atoms with Crippen molar-refractivity contribution in [3.63, 3.8) is 0 Å². The lowest BCUT2D eigenvalue weighted by Crippen LogP contribution is -2.51. The second-order valence-electron chi connectivity index (χ2n) is 12.2. The van der Waals surface area contributed by atoms with Crippen molar-refractivity contribution in [3.05, 3.63) is 52.6 Å². The molecule has 16 heteroatoms. The van der Waals surface area contributed by atoms with Crippen LogP contribution in [-0.4, -0.2) is 101 Å². The summed E-state index contributed by atoms with van der Waals surface area (Å²) in [6, 6.07) is 5.81. The van der Waals surface area contributed by atoms with E-state index in [1.54, 1.807) is 18.3 Å². The molecule has 7 N–H and O–H groups in total. The van der Waals surface area contributed by atoms with E-state index >= 15 is 0 Å². The molecule has 47 heavy (non-hydrogen) atoms. The average Bonchev–Trinajstić information content (AvgIpc) is 3.80. The third-order valence-corrected chi connectivity index (χ3v) is 9.49. The highest BCUT2D eigenvalue weighted by Gasteiger charge is 2.31. The van der Waals surface area contributed by atoms with Gasteiger partial charge in [0.05, 0.1) is 53.8 Å². The highest BCUT2D eigenvalue weighted by atomic mass is 32.1. The lowest BCUT2D eigenvalue weighted by Gasteiger charge is -2.40. The Morgan fingerprint density at radius 2 is 1.74 bits per heavy atom. The van der Waals surface area contributed by atoms with E-state index in [-0.39, 0.29) is 34.9 Å². The van der Waals surface area contributed by atoms with Crippen LogP contribution in [-0.2, 0) is 9.59 Å². The van der Waals surface area contributed by atoms with Crippen molar-refractivity contribution in [2.45, 2.75) is 56.2 Å². The molecule has 1 saturated carbocycles. The van der Waals surface area contributed by atoms with Gasteiger partial charge in [-0.3, -0.25) is 14.4 Å². The van der Waals surface area contributed by atoms with Crippen molar-refractivity contribution in [2.75, 3.05) is 38.6 Å². The van der Waals surface area contributed by atoms with Gasteiger partial charge >= 0.3 is 0 Å². The first-order valence-electron chi connectivity index (χ1n) is 15.8. The Balaban J connectivity index is 1.35. The molecule has 0 unspecified atom stereocenters. The van der Waals surface area contributed by atoms with Crippen molar-refractivity contribution in [3.8, 4) is 16.3 Å². The van der Waals surface area contributed by atoms with Crippen LogP contribution in [0.5, 0.6) is 5.75 Å². The van der Waals surface area contributed by atoms with Crippen molar-refractivity contribution in [2.24, 2.45) is 17.4 Å². The van der Waals surface area contributed by atoms with Crippen molar-refractivity contribution < 1.29 is 19.1 Å². The van der Waals surface area contributed by atoms with Gasteiger partial charge in [0.2, 0.25) is 5.91 Å². The van der Waals surface area contributed by atoms with Crippen LogP contribution in [0, 0.1) is 5.92 Å². The summed E-state index contributed by atoms with van der Waals surface area (Å²) < 4.78 is 5.78. The molecule has 12 nitrogen and oxygen atoms in total. The van der Waals surface area contributed by atoms with E-state index in [9.17, 15) is 14.4 Å². The number of methoxy groups -OCH3 is 1. The number of rotatable bonds is 11. The van der Waals surface area contributed by atoms with Crippen LogP contribution in [0.15, 0.2) is 47.7 Å². The predicted molar refractivity (Wildman–Crippen MR) is 185 cm³/mol. The molecule has 2 aromatic rings. The minimum absolute atomic E-state index is 0.0127. The second kappa shape index (κ2) is 14.9. The number of hydrogen-bond acceptors (Lipinski definition) is 10. The molecule has 6 radical (unpaired) electrons. The fourth-order valence-electron chi connectivity index (χ4n) is 5.89. The van der Waals surface area contributed by atoms with E-state index in [1.807, 2.05) is 11.0 Å².